The fraction of sp³-hybridized carbons (Fsp3) is 0.243. The molecule has 0 amide bonds. The first kappa shape index (κ1) is 29.6. The second-order valence-electron chi connectivity index (χ2n) is 12.2. The molecule has 3 heteroatoms. The van der Waals surface area contributed by atoms with Gasteiger partial charge in [0.05, 0.1) is 5.92 Å². The molecule has 40 heavy (non-hydrogen) atoms. The maximum absolute atomic E-state index is 5.20. The molecule has 0 spiro atoms. The summed E-state index contributed by atoms with van der Waals surface area (Å²) in [6.45, 7) is 13.7. The Morgan fingerprint density at radius 3 is 1.38 bits per heavy atom. The summed E-state index contributed by atoms with van der Waals surface area (Å²) in [4.78, 5) is 10.4. The van der Waals surface area contributed by atoms with Crippen LogP contribution in [0, 0.1) is 12.1 Å². The molecule has 0 saturated heterocycles. The molecule has 5 rings (SSSR count). The summed E-state index contributed by atoms with van der Waals surface area (Å²) < 4.78 is 0. The van der Waals surface area contributed by atoms with Crippen molar-refractivity contribution < 1.29 is 21.1 Å². The van der Waals surface area contributed by atoms with E-state index in [4.69, 9.17) is 9.97 Å². The average Bonchev–Trinajstić information content (AvgIpc) is 2.93. The van der Waals surface area contributed by atoms with Crippen LogP contribution in [-0.4, -0.2) is 9.97 Å². The number of aromatic nitrogens is 2. The van der Waals surface area contributed by atoms with Crippen molar-refractivity contribution in [2.75, 3.05) is 0 Å². The number of hydrogen-bond donors (Lipinski definition) is 0. The molecule has 0 aliphatic carbocycles. The topological polar surface area (TPSA) is 25.8 Å². The molecule has 2 aromatic heterocycles. The first-order valence-electron chi connectivity index (χ1n) is 13.6. The second kappa shape index (κ2) is 12.0. The number of benzene rings is 3. The molecular weight excluding hydrogens is 667 g/mol. The van der Waals surface area contributed by atoms with E-state index in [-0.39, 0.29) is 37.8 Å². The Balaban J connectivity index is 0.00000370. The molecule has 0 N–H and O–H groups in total. The van der Waals surface area contributed by atoms with E-state index in [9.17, 15) is 0 Å². The van der Waals surface area contributed by atoms with E-state index in [2.05, 4.69) is 120 Å². The Bertz CT molecular complexity index is 1450. The summed E-state index contributed by atoms with van der Waals surface area (Å²) in [7, 11) is 0. The third-order valence-electron chi connectivity index (χ3n) is 7.12. The summed E-state index contributed by atoms with van der Waals surface area (Å²) in [5.74, 6) is -0.138. The summed E-state index contributed by atoms with van der Waals surface area (Å²) in [6, 6.07) is 42.3. The van der Waals surface area contributed by atoms with E-state index >= 15 is 0 Å². The molecule has 0 radical (unpaired) electrons. The zero-order valence-corrected chi connectivity index (χ0v) is 26.4. The standard InChI is InChI=1S/C37H36N2.Pt/c1-36(2,3)29-23-28(24-30(25-29)37(4,5)6)35(33-21-13-19-31(38-33)26-15-9-7-10-16-26)34-22-14-20-32(39-34)27-17-11-8-12-18-27;/h7-15,17,19-25,35H,1-6H3;/q-2;+2. The van der Waals surface area contributed by atoms with E-state index < -0.39 is 0 Å². The van der Waals surface area contributed by atoms with Crippen molar-refractivity contribution in [3.8, 4) is 22.5 Å². The molecule has 0 saturated carbocycles. The smallest absolute Gasteiger partial charge is 0.300 e. The van der Waals surface area contributed by atoms with E-state index in [1.807, 2.05) is 36.4 Å². The molecule has 0 aliphatic heterocycles. The minimum Gasteiger partial charge on any atom is -0.300 e. The summed E-state index contributed by atoms with van der Waals surface area (Å²) in [5.41, 5.74) is 9.57. The maximum atomic E-state index is 5.20. The van der Waals surface area contributed by atoms with Crippen molar-refractivity contribution in [1.82, 2.24) is 9.97 Å². The van der Waals surface area contributed by atoms with E-state index in [1.54, 1.807) is 0 Å². The molecule has 0 aliphatic rings. The number of nitrogens with zero attached hydrogens (tertiary/aromatic N) is 2. The fourth-order valence-corrected chi connectivity index (χ4v) is 4.81. The van der Waals surface area contributed by atoms with Gasteiger partial charge in [0.15, 0.2) is 0 Å². The second-order valence-corrected chi connectivity index (χ2v) is 12.2. The first-order valence-corrected chi connectivity index (χ1v) is 13.6. The number of hydrogen-bond acceptors (Lipinski definition) is 2. The first-order chi connectivity index (χ1) is 18.6. The molecule has 0 bridgehead atoms. The summed E-state index contributed by atoms with van der Waals surface area (Å²) in [5, 5.41) is 0. The molecule has 3 aromatic carbocycles. The van der Waals surface area contributed by atoms with Crippen molar-refractivity contribution in [3.63, 3.8) is 0 Å². The van der Waals surface area contributed by atoms with Crippen molar-refractivity contribution in [2.45, 2.75) is 58.3 Å². The summed E-state index contributed by atoms with van der Waals surface area (Å²) >= 11 is 0. The van der Waals surface area contributed by atoms with Crippen molar-refractivity contribution in [1.29, 1.82) is 0 Å². The van der Waals surface area contributed by atoms with Crippen molar-refractivity contribution in [3.05, 3.63) is 143 Å². The van der Waals surface area contributed by atoms with Gasteiger partial charge in [-0.25, -0.2) is 0 Å². The van der Waals surface area contributed by atoms with Crippen LogP contribution in [0.2, 0.25) is 0 Å². The van der Waals surface area contributed by atoms with Crippen LogP contribution in [0.5, 0.6) is 0 Å². The Labute approximate surface area is 254 Å². The number of pyridine rings is 2. The third-order valence-corrected chi connectivity index (χ3v) is 7.12. The van der Waals surface area contributed by atoms with Gasteiger partial charge in [0.25, 0.3) is 0 Å². The van der Waals surface area contributed by atoms with Gasteiger partial charge >= 0.3 is 21.1 Å². The van der Waals surface area contributed by atoms with Gasteiger partial charge in [-0.1, -0.05) is 84.0 Å². The van der Waals surface area contributed by atoms with Crippen LogP contribution in [0.15, 0.2) is 103 Å². The van der Waals surface area contributed by atoms with Crippen LogP contribution in [0.4, 0.5) is 0 Å². The van der Waals surface area contributed by atoms with Crippen LogP contribution < -0.4 is 0 Å². The molecule has 5 aromatic rings. The third kappa shape index (κ3) is 6.68. The molecule has 204 valence electrons. The molecule has 0 unspecified atom stereocenters. The van der Waals surface area contributed by atoms with Gasteiger partial charge in [-0.3, -0.25) is 0 Å². The van der Waals surface area contributed by atoms with Crippen LogP contribution in [0.25, 0.3) is 22.5 Å². The van der Waals surface area contributed by atoms with Gasteiger partial charge in [0.1, 0.15) is 0 Å². The van der Waals surface area contributed by atoms with Gasteiger partial charge in [-0.05, 0) is 51.0 Å². The van der Waals surface area contributed by atoms with Crippen molar-refractivity contribution in [2.24, 2.45) is 0 Å². The predicted octanol–water partition coefficient (Wildman–Crippen LogP) is 9.18. The Morgan fingerprint density at radius 1 is 0.550 bits per heavy atom. The Morgan fingerprint density at radius 2 is 1.00 bits per heavy atom. The van der Waals surface area contributed by atoms with Crippen LogP contribution in [0.1, 0.15) is 75.5 Å². The molecule has 2 heterocycles. The molecular formula is C37H36N2Pt. The Kier molecular flexibility index (Phi) is 8.91. The van der Waals surface area contributed by atoms with Crippen LogP contribution >= 0.6 is 0 Å². The molecule has 0 atom stereocenters. The number of rotatable bonds is 5. The fourth-order valence-electron chi connectivity index (χ4n) is 4.81. The predicted molar refractivity (Wildman–Crippen MR) is 162 cm³/mol. The zero-order valence-electron chi connectivity index (χ0n) is 24.1. The quantitative estimate of drug-likeness (QED) is 0.171. The van der Waals surface area contributed by atoms with Gasteiger partial charge in [0, 0.05) is 11.4 Å². The van der Waals surface area contributed by atoms with Gasteiger partial charge in [0.2, 0.25) is 0 Å². The average molecular weight is 704 g/mol. The maximum Gasteiger partial charge on any atom is 2.00 e. The van der Waals surface area contributed by atoms with Gasteiger partial charge < -0.3 is 9.97 Å². The summed E-state index contributed by atoms with van der Waals surface area (Å²) in [6.07, 6.45) is 0. The minimum atomic E-state index is -0.138. The van der Waals surface area contributed by atoms with Gasteiger partial charge in [-0.15, -0.1) is 71.8 Å². The van der Waals surface area contributed by atoms with E-state index in [0.29, 0.717) is 0 Å². The van der Waals surface area contributed by atoms with Gasteiger partial charge in [-0.2, -0.15) is 0 Å². The largest absolute Gasteiger partial charge is 2.00 e. The monoisotopic (exact) mass is 703 g/mol. The Hall–Kier alpha value is -3.35. The SMILES string of the molecule is CC(C)(C)c1cc(C(c2cccc(-c3[c-]cccc3)n2)c2cccc(-c3[c-]cccc3)n2)cc(C(C)(C)C)c1.[Pt+2]. The molecule has 0 fully saturated rings. The zero-order chi connectivity index (χ0) is 27.6. The normalized spacial score (nSPS) is 11.8. The molecule has 2 nitrogen and oxygen atoms in total. The van der Waals surface area contributed by atoms with Crippen LogP contribution in [-0.2, 0) is 31.9 Å². The van der Waals surface area contributed by atoms with Crippen LogP contribution in [0.3, 0.4) is 0 Å². The van der Waals surface area contributed by atoms with E-state index in [1.165, 1.54) is 16.7 Å². The van der Waals surface area contributed by atoms with E-state index in [0.717, 1.165) is 33.9 Å². The minimum absolute atomic E-state index is 0. The van der Waals surface area contributed by atoms with Crippen molar-refractivity contribution >= 4 is 0 Å².